The molecule has 0 radical (unpaired) electrons. The van der Waals surface area contributed by atoms with Gasteiger partial charge in [-0.05, 0) is 37.9 Å². The Hall–Kier alpha value is -2.00. The first-order valence-electron chi connectivity index (χ1n) is 8.84. The van der Waals surface area contributed by atoms with Gasteiger partial charge in [-0.1, -0.05) is 54.8 Å². The molecule has 1 atom stereocenters. The van der Waals surface area contributed by atoms with Crippen molar-refractivity contribution >= 4 is 0 Å². The highest BCUT2D eigenvalue weighted by atomic mass is 16.5. The molecule has 0 aliphatic carbocycles. The van der Waals surface area contributed by atoms with Crippen molar-refractivity contribution in [1.29, 1.82) is 0 Å². The van der Waals surface area contributed by atoms with Gasteiger partial charge in [-0.25, -0.2) is 0 Å². The molecule has 24 heavy (non-hydrogen) atoms. The SMILES string of the molecule is COc1cccc(CN2CCCCCC2c2ccc(C)cc2)c1O. The Morgan fingerprint density at radius 1 is 1.08 bits per heavy atom. The van der Waals surface area contributed by atoms with E-state index in [1.54, 1.807) is 13.2 Å². The molecule has 1 saturated heterocycles. The second-order valence-electron chi connectivity index (χ2n) is 6.71. The van der Waals surface area contributed by atoms with E-state index in [0.717, 1.165) is 18.7 Å². The topological polar surface area (TPSA) is 32.7 Å². The van der Waals surface area contributed by atoms with Gasteiger partial charge in [0, 0.05) is 18.2 Å². The van der Waals surface area contributed by atoms with Gasteiger partial charge in [0.05, 0.1) is 7.11 Å². The maximum Gasteiger partial charge on any atom is 0.162 e. The summed E-state index contributed by atoms with van der Waals surface area (Å²) in [5.74, 6) is 0.820. The summed E-state index contributed by atoms with van der Waals surface area (Å²) >= 11 is 0. The molecule has 1 fully saturated rings. The lowest BCUT2D eigenvalue weighted by atomic mass is 9.99. The van der Waals surface area contributed by atoms with E-state index in [1.807, 2.05) is 12.1 Å². The summed E-state index contributed by atoms with van der Waals surface area (Å²) in [6.07, 6.45) is 4.93. The molecule has 1 aliphatic rings. The van der Waals surface area contributed by atoms with Gasteiger partial charge in [-0.15, -0.1) is 0 Å². The van der Waals surface area contributed by atoms with Gasteiger partial charge >= 0.3 is 0 Å². The summed E-state index contributed by atoms with van der Waals surface area (Å²) in [7, 11) is 1.60. The average molecular weight is 325 g/mol. The Morgan fingerprint density at radius 2 is 1.88 bits per heavy atom. The van der Waals surface area contributed by atoms with Gasteiger partial charge in [0.25, 0.3) is 0 Å². The molecule has 3 nitrogen and oxygen atoms in total. The van der Waals surface area contributed by atoms with Crippen LogP contribution in [0.1, 0.15) is 48.4 Å². The third kappa shape index (κ3) is 3.73. The minimum atomic E-state index is 0.270. The number of phenols is 1. The first kappa shape index (κ1) is 16.8. The Morgan fingerprint density at radius 3 is 2.62 bits per heavy atom. The lowest BCUT2D eigenvalue weighted by molar-refractivity contribution is 0.190. The molecule has 1 unspecified atom stereocenters. The lowest BCUT2D eigenvalue weighted by Gasteiger charge is -2.31. The number of benzene rings is 2. The van der Waals surface area contributed by atoms with Crippen LogP contribution < -0.4 is 4.74 Å². The van der Waals surface area contributed by atoms with Crippen molar-refractivity contribution < 1.29 is 9.84 Å². The monoisotopic (exact) mass is 325 g/mol. The fraction of sp³-hybridized carbons (Fsp3) is 0.429. The molecule has 1 N–H and O–H groups in total. The van der Waals surface area contributed by atoms with E-state index in [0.29, 0.717) is 11.8 Å². The fourth-order valence-electron chi connectivity index (χ4n) is 3.60. The maximum atomic E-state index is 10.4. The van der Waals surface area contributed by atoms with Crippen LogP contribution in [0.4, 0.5) is 0 Å². The Kier molecular flexibility index (Phi) is 5.41. The molecule has 0 aromatic heterocycles. The van der Waals surface area contributed by atoms with Gasteiger partial charge in [0.2, 0.25) is 0 Å². The van der Waals surface area contributed by atoms with Crippen LogP contribution in [0.3, 0.4) is 0 Å². The first-order chi connectivity index (χ1) is 11.7. The summed E-state index contributed by atoms with van der Waals surface area (Å²) < 4.78 is 5.26. The van der Waals surface area contributed by atoms with Crippen molar-refractivity contribution in [1.82, 2.24) is 4.90 Å². The van der Waals surface area contributed by atoms with E-state index >= 15 is 0 Å². The number of aromatic hydroxyl groups is 1. The molecule has 1 heterocycles. The van der Waals surface area contributed by atoms with Crippen molar-refractivity contribution in [3.05, 3.63) is 59.2 Å². The summed E-state index contributed by atoms with van der Waals surface area (Å²) in [6.45, 7) is 3.94. The summed E-state index contributed by atoms with van der Waals surface area (Å²) in [4.78, 5) is 2.51. The highest BCUT2D eigenvalue weighted by molar-refractivity contribution is 5.45. The van der Waals surface area contributed by atoms with Crippen molar-refractivity contribution in [3.63, 3.8) is 0 Å². The van der Waals surface area contributed by atoms with Crippen LogP contribution in [0, 0.1) is 6.92 Å². The standard InChI is InChI=1S/C21H27NO2/c1-16-10-12-17(13-11-16)19-8-4-3-5-14-22(19)15-18-7-6-9-20(24-2)21(18)23/h6-7,9-13,19,23H,3-5,8,14-15H2,1-2H3. The zero-order chi connectivity index (χ0) is 16.9. The maximum absolute atomic E-state index is 10.4. The minimum absolute atomic E-state index is 0.270. The average Bonchev–Trinajstić information content (AvgIpc) is 2.83. The van der Waals surface area contributed by atoms with Gasteiger partial charge < -0.3 is 9.84 Å². The molecule has 0 saturated carbocycles. The highest BCUT2D eigenvalue weighted by Crippen LogP contribution is 2.35. The minimum Gasteiger partial charge on any atom is -0.504 e. The summed E-state index contributed by atoms with van der Waals surface area (Å²) in [6, 6.07) is 15.1. The normalized spacial score (nSPS) is 19.0. The van der Waals surface area contributed by atoms with E-state index in [-0.39, 0.29) is 5.75 Å². The summed E-state index contributed by atoms with van der Waals surface area (Å²) in [5, 5.41) is 10.4. The van der Waals surface area contributed by atoms with E-state index in [2.05, 4.69) is 36.1 Å². The van der Waals surface area contributed by atoms with E-state index in [1.165, 1.54) is 36.8 Å². The van der Waals surface area contributed by atoms with E-state index < -0.39 is 0 Å². The van der Waals surface area contributed by atoms with Crippen LogP contribution in [-0.2, 0) is 6.54 Å². The first-order valence-corrected chi connectivity index (χ1v) is 8.84. The van der Waals surface area contributed by atoms with Crippen molar-refractivity contribution in [2.24, 2.45) is 0 Å². The third-order valence-electron chi connectivity index (χ3n) is 5.00. The number of phenolic OH excluding ortho intramolecular Hbond substituents is 1. The van der Waals surface area contributed by atoms with Crippen molar-refractivity contribution in [3.8, 4) is 11.5 Å². The number of ether oxygens (including phenoxy) is 1. The predicted molar refractivity (Wildman–Crippen MR) is 97.5 cm³/mol. The van der Waals surface area contributed by atoms with Gasteiger partial charge in [0.1, 0.15) is 0 Å². The molecule has 128 valence electrons. The number of methoxy groups -OCH3 is 1. The molecular weight excluding hydrogens is 298 g/mol. The fourth-order valence-corrected chi connectivity index (χ4v) is 3.60. The third-order valence-corrected chi connectivity index (χ3v) is 5.00. The van der Waals surface area contributed by atoms with Crippen LogP contribution in [0.5, 0.6) is 11.5 Å². The molecule has 0 amide bonds. The molecule has 2 aromatic rings. The molecule has 0 bridgehead atoms. The molecule has 3 rings (SSSR count). The van der Waals surface area contributed by atoms with Crippen LogP contribution >= 0.6 is 0 Å². The second-order valence-corrected chi connectivity index (χ2v) is 6.71. The largest absolute Gasteiger partial charge is 0.504 e. The van der Waals surface area contributed by atoms with Gasteiger partial charge in [0.15, 0.2) is 11.5 Å². The number of aryl methyl sites for hydroxylation is 1. The number of rotatable bonds is 4. The number of nitrogens with zero attached hydrogens (tertiary/aromatic N) is 1. The van der Waals surface area contributed by atoms with E-state index in [4.69, 9.17) is 4.74 Å². The number of para-hydroxylation sites is 1. The van der Waals surface area contributed by atoms with Crippen LogP contribution in [-0.4, -0.2) is 23.7 Å². The zero-order valence-corrected chi connectivity index (χ0v) is 14.7. The number of hydrogen-bond acceptors (Lipinski definition) is 3. The van der Waals surface area contributed by atoms with Crippen LogP contribution in [0.2, 0.25) is 0 Å². The Labute approximate surface area is 144 Å². The number of likely N-dealkylation sites (tertiary alicyclic amines) is 1. The van der Waals surface area contributed by atoms with Crippen molar-refractivity contribution in [2.75, 3.05) is 13.7 Å². The van der Waals surface area contributed by atoms with Crippen molar-refractivity contribution in [2.45, 2.75) is 45.2 Å². The molecule has 2 aromatic carbocycles. The predicted octanol–water partition coefficient (Wildman–Crippen LogP) is 4.83. The second kappa shape index (κ2) is 7.71. The Bertz CT molecular complexity index is 666. The van der Waals surface area contributed by atoms with Crippen LogP contribution in [0.15, 0.2) is 42.5 Å². The Balaban J connectivity index is 1.86. The van der Waals surface area contributed by atoms with E-state index in [9.17, 15) is 5.11 Å². The van der Waals surface area contributed by atoms with Crippen LogP contribution in [0.25, 0.3) is 0 Å². The molecule has 1 aliphatic heterocycles. The van der Waals surface area contributed by atoms with Gasteiger partial charge in [-0.3, -0.25) is 4.90 Å². The number of hydrogen-bond donors (Lipinski definition) is 1. The summed E-state index contributed by atoms with van der Waals surface area (Å²) in [5.41, 5.74) is 3.61. The quantitative estimate of drug-likeness (QED) is 0.874. The lowest BCUT2D eigenvalue weighted by Crippen LogP contribution is -2.28. The highest BCUT2D eigenvalue weighted by Gasteiger charge is 2.24. The molecule has 0 spiro atoms. The molecular formula is C21H27NO2. The smallest absolute Gasteiger partial charge is 0.162 e. The zero-order valence-electron chi connectivity index (χ0n) is 14.7. The molecule has 3 heteroatoms. The van der Waals surface area contributed by atoms with Gasteiger partial charge in [-0.2, -0.15) is 0 Å².